The normalized spacial score (nSPS) is 10.6. The molecular formula is C14H10Cl4O. The van der Waals surface area contributed by atoms with E-state index in [1.54, 1.807) is 12.1 Å². The molecule has 0 aromatic heterocycles. The molecule has 0 saturated heterocycles. The summed E-state index contributed by atoms with van der Waals surface area (Å²) in [5.74, 6) is 1.64. The zero-order valence-electron chi connectivity index (χ0n) is 10.0. The molecular weight excluding hydrogens is 326 g/mol. The fraction of sp³-hybridized carbons (Fsp3) is 0.143. The molecule has 2 aromatic rings. The molecule has 0 unspecified atom stereocenters. The van der Waals surface area contributed by atoms with Gasteiger partial charge in [0.15, 0.2) is 0 Å². The minimum Gasteiger partial charge on any atom is -0.455 e. The van der Waals surface area contributed by atoms with Gasteiger partial charge in [0.1, 0.15) is 11.5 Å². The fourth-order valence-corrected chi connectivity index (χ4v) is 2.35. The Morgan fingerprint density at radius 3 is 2.21 bits per heavy atom. The lowest BCUT2D eigenvalue weighted by Crippen LogP contribution is -1.90. The predicted octanol–water partition coefficient (Wildman–Crippen LogP) is 6.49. The van der Waals surface area contributed by atoms with Gasteiger partial charge in [0.05, 0.1) is 15.1 Å². The van der Waals surface area contributed by atoms with Crippen molar-refractivity contribution in [2.75, 3.05) is 0 Å². The Labute approximate surface area is 132 Å². The van der Waals surface area contributed by atoms with E-state index in [1.807, 2.05) is 25.1 Å². The van der Waals surface area contributed by atoms with Crippen molar-refractivity contribution in [1.29, 1.82) is 0 Å². The molecule has 2 aromatic carbocycles. The lowest BCUT2D eigenvalue weighted by Gasteiger charge is -2.12. The van der Waals surface area contributed by atoms with E-state index in [4.69, 9.17) is 51.1 Å². The highest BCUT2D eigenvalue weighted by molar-refractivity contribution is 6.43. The number of hydrogen-bond donors (Lipinski definition) is 0. The van der Waals surface area contributed by atoms with Crippen molar-refractivity contribution in [1.82, 2.24) is 0 Å². The molecule has 0 aliphatic heterocycles. The van der Waals surface area contributed by atoms with Crippen LogP contribution in [0.15, 0.2) is 30.3 Å². The molecule has 5 heteroatoms. The first-order valence-corrected chi connectivity index (χ1v) is 7.16. The summed E-state index contributed by atoms with van der Waals surface area (Å²) in [4.78, 5) is 0. The second kappa shape index (κ2) is 6.23. The van der Waals surface area contributed by atoms with Crippen molar-refractivity contribution in [3.63, 3.8) is 0 Å². The Balaban J connectivity index is 2.33. The molecule has 0 aliphatic rings. The number of aryl methyl sites for hydroxylation is 1. The van der Waals surface area contributed by atoms with E-state index in [2.05, 4.69) is 0 Å². The van der Waals surface area contributed by atoms with Gasteiger partial charge in [-0.3, -0.25) is 0 Å². The van der Waals surface area contributed by atoms with Crippen LogP contribution in [0.4, 0.5) is 0 Å². The van der Waals surface area contributed by atoms with Crippen LogP contribution in [0, 0.1) is 6.92 Å². The van der Waals surface area contributed by atoms with Gasteiger partial charge in [0.2, 0.25) is 0 Å². The van der Waals surface area contributed by atoms with Gasteiger partial charge in [-0.05, 0) is 30.2 Å². The highest BCUT2D eigenvalue weighted by Crippen LogP contribution is 2.37. The van der Waals surface area contributed by atoms with E-state index in [0.717, 1.165) is 11.1 Å². The van der Waals surface area contributed by atoms with Crippen LogP contribution in [0.3, 0.4) is 0 Å². The molecule has 0 amide bonds. The summed E-state index contributed by atoms with van der Waals surface area (Å²) >= 11 is 23.7. The quantitative estimate of drug-likeness (QED) is 0.460. The molecule has 0 radical (unpaired) electrons. The third-order valence-electron chi connectivity index (χ3n) is 2.59. The minimum absolute atomic E-state index is 0.397. The molecule has 1 nitrogen and oxygen atoms in total. The molecule has 0 fully saturated rings. The van der Waals surface area contributed by atoms with Gasteiger partial charge in [-0.15, -0.1) is 11.6 Å². The number of hydrogen-bond acceptors (Lipinski definition) is 1. The predicted molar refractivity (Wildman–Crippen MR) is 82.3 cm³/mol. The van der Waals surface area contributed by atoms with Crippen molar-refractivity contribution in [2.45, 2.75) is 12.8 Å². The maximum Gasteiger partial charge on any atom is 0.147 e. The molecule has 0 heterocycles. The van der Waals surface area contributed by atoms with E-state index in [9.17, 15) is 0 Å². The van der Waals surface area contributed by atoms with Gasteiger partial charge in [-0.25, -0.2) is 0 Å². The van der Waals surface area contributed by atoms with Gasteiger partial charge in [-0.1, -0.05) is 46.9 Å². The van der Waals surface area contributed by atoms with Crippen molar-refractivity contribution in [2.24, 2.45) is 0 Å². The van der Waals surface area contributed by atoms with Crippen LogP contribution in [-0.4, -0.2) is 0 Å². The van der Waals surface area contributed by atoms with Crippen LogP contribution in [-0.2, 0) is 5.88 Å². The second-order valence-corrected chi connectivity index (χ2v) is 5.52. The van der Waals surface area contributed by atoms with Crippen molar-refractivity contribution in [3.05, 3.63) is 56.5 Å². The van der Waals surface area contributed by atoms with Crippen molar-refractivity contribution >= 4 is 46.4 Å². The Morgan fingerprint density at radius 2 is 1.58 bits per heavy atom. The molecule has 0 saturated carbocycles. The lowest BCUT2D eigenvalue weighted by molar-refractivity contribution is 0.479. The zero-order valence-corrected chi connectivity index (χ0v) is 13.0. The fourth-order valence-electron chi connectivity index (χ4n) is 1.61. The summed E-state index contributed by atoms with van der Waals surface area (Å²) in [5, 5.41) is 1.21. The summed E-state index contributed by atoms with van der Waals surface area (Å²) in [6.07, 6.45) is 0. The van der Waals surface area contributed by atoms with E-state index < -0.39 is 0 Å². The first-order chi connectivity index (χ1) is 9.01. The average molecular weight is 336 g/mol. The summed E-state index contributed by atoms with van der Waals surface area (Å²) in [6, 6.07) is 8.88. The largest absolute Gasteiger partial charge is 0.455 e. The Kier molecular flexibility index (Phi) is 4.86. The van der Waals surface area contributed by atoms with Gasteiger partial charge in [0.25, 0.3) is 0 Å². The highest BCUT2D eigenvalue weighted by Gasteiger charge is 2.09. The van der Waals surface area contributed by atoms with Crippen LogP contribution in [0.25, 0.3) is 0 Å². The lowest BCUT2D eigenvalue weighted by atomic mass is 10.1. The van der Waals surface area contributed by atoms with Gasteiger partial charge < -0.3 is 4.74 Å². The molecule has 0 spiro atoms. The van der Waals surface area contributed by atoms with E-state index in [-0.39, 0.29) is 0 Å². The van der Waals surface area contributed by atoms with Crippen LogP contribution in [0.2, 0.25) is 15.1 Å². The van der Waals surface area contributed by atoms with Gasteiger partial charge in [0, 0.05) is 11.9 Å². The maximum atomic E-state index is 6.07. The maximum absolute atomic E-state index is 6.07. The smallest absolute Gasteiger partial charge is 0.147 e. The molecule has 19 heavy (non-hydrogen) atoms. The molecule has 0 aliphatic carbocycles. The van der Waals surface area contributed by atoms with Crippen LogP contribution < -0.4 is 4.74 Å². The molecule has 2 rings (SSSR count). The average Bonchev–Trinajstić information content (AvgIpc) is 2.38. The summed E-state index contributed by atoms with van der Waals surface area (Å²) in [5.41, 5.74) is 2.01. The molecule has 0 atom stereocenters. The van der Waals surface area contributed by atoms with E-state index in [1.165, 1.54) is 0 Å². The first kappa shape index (κ1) is 14.8. The number of ether oxygens (including phenoxy) is 1. The summed E-state index contributed by atoms with van der Waals surface area (Å²) in [6.45, 7) is 1.94. The minimum atomic E-state index is 0.397. The second-order valence-electron chi connectivity index (χ2n) is 4.03. The Hall–Kier alpha value is -0.600. The van der Waals surface area contributed by atoms with Crippen molar-refractivity contribution < 1.29 is 4.74 Å². The highest BCUT2D eigenvalue weighted by atomic mass is 35.5. The monoisotopic (exact) mass is 334 g/mol. The standard InChI is InChI=1S/C14H10Cl4O/c1-8-4-9(7-15)2-3-13(8)19-14-6-11(17)10(16)5-12(14)18/h2-6H,7H2,1H3. The number of rotatable bonds is 3. The SMILES string of the molecule is Cc1cc(CCl)ccc1Oc1cc(Cl)c(Cl)cc1Cl. The Morgan fingerprint density at radius 1 is 0.895 bits per heavy atom. The first-order valence-electron chi connectivity index (χ1n) is 5.49. The number of benzene rings is 2. The van der Waals surface area contributed by atoms with Crippen LogP contribution in [0.5, 0.6) is 11.5 Å². The molecule has 0 N–H and O–H groups in total. The van der Waals surface area contributed by atoms with Crippen LogP contribution in [0.1, 0.15) is 11.1 Å². The zero-order chi connectivity index (χ0) is 14.0. The summed E-state index contributed by atoms with van der Waals surface area (Å²) < 4.78 is 5.76. The topological polar surface area (TPSA) is 9.23 Å². The van der Waals surface area contributed by atoms with E-state index >= 15 is 0 Å². The Bertz CT molecular complexity index is 611. The number of halogens is 4. The summed E-state index contributed by atoms with van der Waals surface area (Å²) in [7, 11) is 0. The van der Waals surface area contributed by atoms with Crippen LogP contribution >= 0.6 is 46.4 Å². The van der Waals surface area contributed by atoms with E-state index in [0.29, 0.717) is 32.4 Å². The molecule has 100 valence electrons. The third-order valence-corrected chi connectivity index (χ3v) is 3.91. The van der Waals surface area contributed by atoms with Gasteiger partial charge in [-0.2, -0.15) is 0 Å². The third kappa shape index (κ3) is 3.49. The van der Waals surface area contributed by atoms with Gasteiger partial charge >= 0.3 is 0 Å². The number of alkyl halides is 1. The van der Waals surface area contributed by atoms with Crippen molar-refractivity contribution in [3.8, 4) is 11.5 Å². The molecule has 0 bridgehead atoms.